The number of H-pyrrole nitrogens is 1. The number of nitrogens with one attached hydrogen (secondary N) is 2. The molecule has 110 valence electrons. The molecule has 2 heterocycles. The minimum absolute atomic E-state index is 0.00846. The van der Waals surface area contributed by atoms with E-state index >= 15 is 0 Å². The zero-order valence-corrected chi connectivity index (χ0v) is 12.1. The van der Waals surface area contributed by atoms with Crippen LogP contribution in [0.15, 0.2) is 12.5 Å². The third-order valence-electron chi connectivity index (χ3n) is 3.68. The lowest BCUT2D eigenvalue weighted by Crippen LogP contribution is -2.44. The first kappa shape index (κ1) is 14.6. The quantitative estimate of drug-likeness (QED) is 0.859. The molecule has 2 rings (SSSR count). The van der Waals surface area contributed by atoms with Gasteiger partial charge in [0, 0.05) is 31.1 Å². The second kappa shape index (κ2) is 6.54. The summed E-state index contributed by atoms with van der Waals surface area (Å²) in [5.74, 6) is 0.285. The molecule has 0 saturated carbocycles. The van der Waals surface area contributed by atoms with Gasteiger partial charge in [0.25, 0.3) is 0 Å². The molecule has 0 spiro atoms. The number of nitrogens with zero attached hydrogens (tertiary/aromatic N) is 2. The third kappa shape index (κ3) is 3.59. The van der Waals surface area contributed by atoms with Gasteiger partial charge in [-0.05, 0) is 12.8 Å². The fraction of sp³-hybridized carbons (Fsp3) is 0.643. The number of aromatic amines is 1. The maximum Gasteiger partial charge on any atom is 0.225 e. The van der Waals surface area contributed by atoms with E-state index in [9.17, 15) is 9.59 Å². The zero-order chi connectivity index (χ0) is 14.5. The largest absolute Gasteiger partial charge is 0.350 e. The molecule has 0 radical (unpaired) electrons. The highest BCUT2D eigenvalue weighted by Gasteiger charge is 2.27. The lowest BCUT2D eigenvalue weighted by atomic mass is 9.95. The number of imidazole rings is 1. The van der Waals surface area contributed by atoms with Crippen LogP contribution in [-0.2, 0) is 16.1 Å². The van der Waals surface area contributed by atoms with Crippen LogP contribution in [0.5, 0.6) is 0 Å². The van der Waals surface area contributed by atoms with Crippen molar-refractivity contribution in [3.8, 4) is 0 Å². The molecule has 0 bridgehead atoms. The fourth-order valence-electron chi connectivity index (χ4n) is 2.44. The molecule has 1 fully saturated rings. The van der Waals surface area contributed by atoms with Crippen molar-refractivity contribution in [1.29, 1.82) is 0 Å². The minimum atomic E-state index is 0.00846. The van der Waals surface area contributed by atoms with Gasteiger partial charge in [-0.1, -0.05) is 13.8 Å². The predicted octanol–water partition coefficient (Wildman–Crippen LogP) is 0.920. The van der Waals surface area contributed by atoms with E-state index in [-0.39, 0.29) is 23.7 Å². The second-order valence-corrected chi connectivity index (χ2v) is 5.55. The van der Waals surface area contributed by atoms with Gasteiger partial charge in [-0.2, -0.15) is 0 Å². The average molecular weight is 278 g/mol. The Labute approximate surface area is 119 Å². The van der Waals surface area contributed by atoms with E-state index in [0.717, 1.165) is 18.5 Å². The SMILES string of the molecule is CC(C)C(=O)N1CCC(C(=O)NCc2cnc[nH]2)CC1. The van der Waals surface area contributed by atoms with Crippen molar-refractivity contribution in [2.45, 2.75) is 33.2 Å². The van der Waals surface area contributed by atoms with Crippen LogP contribution in [-0.4, -0.2) is 39.8 Å². The van der Waals surface area contributed by atoms with Crippen molar-refractivity contribution in [1.82, 2.24) is 20.2 Å². The maximum absolute atomic E-state index is 12.1. The van der Waals surface area contributed by atoms with Crippen molar-refractivity contribution in [3.05, 3.63) is 18.2 Å². The van der Waals surface area contributed by atoms with E-state index in [1.54, 1.807) is 12.5 Å². The van der Waals surface area contributed by atoms with Crippen LogP contribution in [0.1, 0.15) is 32.4 Å². The number of carbonyl (C=O) groups is 2. The summed E-state index contributed by atoms with van der Waals surface area (Å²) in [5, 5.41) is 2.91. The molecule has 20 heavy (non-hydrogen) atoms. The van der Waals surface area contributed by atoms with Crippen molar-refractivity contribution in [3.63, 3.8) is 0 Å². The Morgan fingerprint density at radius 3 is 2.70 bits per heavy atom. The second-order valence-electron chi connectivity index (χ2n) is 5.55. The number of piperidine rings is 1. The molecule has 1 aliphatic rings. The van der Waals surface area contributed by atoms with Crippen molar-refractivity contribution in [2.24, 2.45) is 11.8 Å². The van der Waals surface area contributed by atoms with Crippen molar-refractivity contribution in [2.75, 3.05) is 13.1 Å². The van der Waals surface area contributed by atoms with Gasteiger partial charge in [0.05, 0.1) is 18.6 Å². The first-order valence-corrected chi connectivity index (χ1v) is 7.11. The molecule has 2 amide bonds. The Morgan fingerprint density at radius 2 is 2.15 bits per heavy atom. The summed E-state index contributed by atoms with van der Waals surface area (Å²) in [6.07, 6.45) is 4.78. The van der Waals surface area contributed by atoms with Gasteiger partial charge in [-0.15, -0.1) is 0 Å². The van der Waals surface area contributed by atoms with Crippen LogP contribution < -0.4 is 5.32 Å². The molecule has 2 N–H and O–H groups in total. The molecular formula is C14H22N4O2. The van der Waals surface area contributed by atoms with Crippen molar-refractivity contribution >= 4 is 11.8 Å². The van der Waals surface area contributed by atoms with Gasteiger partial charge in [0.15, 0.2) is 0 Å². The lowest BCUT2D eigenvalue weighted by Gasteiger charge is -2.32. The number of aromatic nitrogens is 2. The van der Waals surface area contributed by atoms with Crippen molar-refractivity contribution < 1.29 is 9.59 Å². The van der Waals surface area contributed by atoms with Gasteiger partial charge in [0.2, 0.25) is 11.8 Å². The van der Waals surface area contributed by atoms with Crippen LogP contribution in [0, 0.1) is 11.8 Å². The molecule has 1 saturated heterocycles. The number of hydrogen-bond donors (Lipinski definition) is 2. The summed E-state index contributed by atoms with van der Waals surface area (Å²) < 4.78 is 0. The molecule has 0 unspecified atom stereocenters. The molecule has 6 nitrogen and oxygen atoms in total. The fourth-order valence-corrected chi connectivity index (χ4v) is 2.44. The van der Waals surface area contributed by atoms with Crippen LogP contribution >= 0.6 is 0 Å². The van der Waals surface area contributed by atoms with Crippen LogP contribution in [0.25, 0.3) is 0 Å². The Kier molecular flexibility index (Phi) is 4.76. The molecule has 6 heteroatoms. The van der Waals surface area contributed by atoms with Crippen LogP contribution in [0.2, 0.25) is 0 Å². The molecule has 0 aliphatic carbocycles. The molecule has 1 aliphatic heterocycles. The Hall–Kier alpha value is -1.85. The maximum atomic E-state index is 12.1. The number of amides is 2. The number of likely N-dealkylation sites (tertiary alicyclic amines) is 1. The smallest absolute Gasteiger partial charge is 0.225 e. The standard InChI is InChI=1S/C14H22N4O2/c1-10(2)14(20)18-5-3-11(4-6-18)13(19)16-8-12-7-15-9-17-12/h7,9-11H,3-6,8H2,1-2H3,(H,15,17)(H,16,19). The average Bonchev–Trinajstić information content (AvgIpc) is 2.97. The van der Waals surface area contributed by atoms with E-state index in [1.165, 1.54) is 0 Å². The highest BCUT2D eigenvalue weighted by Crippen LogP contribution is 2.19. The van der Waals surface area contributed by atoms with Crippen LogP contribution in [0.4, 0.5) is 0 Å². The molecule has 0 atom stereocenters. The zero-order valence-electron chi connectivity index (χ0n) is 12.1. The Morgan fingerprint density at radius 1 is 1.45 bits per heavy atom. The van der Waals surface area contributed by atoms with E-state index in [4.69, 9.17) is 0 Å². The van der Waals surface area contributed by atoms with Crippen LogP contribution in [0.3, 0.4) is 0 Å². The summed E-state index contributed by atoms with van der Waals surface area (Å²) in [5.41, 5.74) is 0.894. The molecule has 0 aromatic carbocycles. The summed E-state index contributed by atoms with van der Waals surface area (Å²) in [6.45, 7) is 5.65. The topological polar surface area (TPSA) is 78.1 Å². The Bertz CT molecular complexity index is 448. The van der Waals surface area contributed by atoms with Gasteiger partial charge >= 0.3 is 0 Å². The number of rotatable bonds is 4. The number of hydrogen-bond acceptors (Lipinski definition) is 3. The summed E-state index contributed by atoms with van der Waals surface area (Å²) >= 11 is 0. The van der Waals surface area contributed by atoms with E-state index in [1.807, 2.05) is 18.7 Å². The summed E-state index contributed by atoms with van der Waals surface area (Å²) in [7, 11) is 0. The monoisotopic (exact) mass is 278 g/mol. The van der Waals surface area contributed by atoms with Gasteiger partial charge in [-0.25, -0.2) is 4.98 Å². The first-order valence-electron chi connectivity index (χ1n) is 7.11. The molecule has 1 aromatic heterocycles. The van der Waals surface area contributed by atoms with Gasteiger partial charge in [0.1, 0.15) is 0 Å². The molecular weight excluding hydrogens is 256 g/mol. The highest BCUT2D eigenvalue weighted by molar-refractivity contribution is 5.80. The third-order valence-corrected chi connectivity index (χ3v) is 3.68. The van der Waals surface area contributed by atoms with E-state index in [2.05, 4.69) is 15.3 Å². The highest BCUT2D eigenvalue weighted by atomic mass is 16.2. The van der Waals surface area contributed by atoms with E-state index in [0.29, 0.717) is 19.6 Å². The minimum Gasteiger partial charge on any atom is -0.350 e. The van der Waals surface area contributed by atoms with Gasteiger partial charge < -0.3 is 15.2 Å². The normalized spacial score (nSPS) is 16.4. The predicted molar refractivity (Wildman–Crippen MR) is 74.6 cm³/mol. The lowest BCUT2D eigenvalue weighted by molar-refractivity contribution is -0.138. The molecule has 1 aromatic rings. The van der Waals surface area contributed by atoms with Gasteiger partial charge in [-0.3, -0.25) is 9.59 Å². The Balaban J connectivity index is 1.75. The summed E-state index contributed by atoms with van der Waals surface area (Å²) in [6, 6.07) is 0. The van der Waals surface area contributed by atoms with E-state index < -0.39 is 0 Å². The number of carbonyl (C=O) groups excluding carboxylic acids is 2. The first-order chi connectivity index (χ1) is 9.58. The summed E-state index contributed by atoms with van der Waals surface area (Å²) in [4.78, 5) is 32.6.